The van der Waals surface area contributed by atoms with E-state index in [0.717, 1.165) is 30.7 Å². The molecule has 1 aliphatic heterocycles. The molecule has 3 rings (SSSR count). The summed E-state index contributed by atoms with van der Waals surface area (Å²) in [5.41, 5.74) is 1.52. The van der Waals surface area contributed by atoms with Crippen LogP contribution < -0.4 is 11.0 Å². The Morgan fingerprint density at radius 1 is 1.52 bits per heavy atom. The van der Waals surface area contributed by atoms with Gasteiger partial charge in [-0.05, 0) is 38.3 Å². The third-order valence-electron chi connectivity index (χ3n) is 4.19. The van der Waals surface area contributed by atoms with Crippen LogP contribution in [0, 0.1) is 6.92 Å². The lowest BCUT2D eigenvalue weighted by molar-refractivity contribution is -0.115. The molecule has 134 valence electrons. The number of aryl methyl sites for hydroxylation is 1. The number of ether oxygens (including phenoxy) is 1. The van der Waals surface area contributed by atoms with Gasteiger partial charge in [-0.1, -0.05) is 30.0 Å². The van der Waals surface area contributed by atoms with Crippen molar-refractivity contribution in [2.24, 2.45) is 0 Å². The number of carbonyl (C=O) groups excluding carboxylic acids is 1. The number of hydrogen-bond acceptors (Lipinski definition) is 5. The second-order valence-corrected chi connectivity index (χ2v) is 7.43. The van der Waals surface area contributed by atoms with Gasteiger partial charge in [0.05, 0.1) is 17.9 Å². The van der Waals surface area contributed by atoms with Crippen molar-refractivity contribution in [3.05, 3.63) is 40.3 Å². The Morgan fingerprint density at radius 2 is 2.32 bits per heavy atom. The Labute approximate surface area is 150 Å². The van der Waals surface area contributed by atoms with Gasteiger partial charge in [0.15, 0.2) is 5.16 Å². The molecular formula is C17H22N4O3S. The summed E-state index contributed by atoms with van der Waals surface area (Å²) in [4.78, 5) is 24.4. The summed E-state index contributed by atoms with van der Waals surface area (Å²) >= 11 is 1.26. The van der Waals surface area contributed by atoms with Gasteiger partial charge in [0.1, 0.15) is 0 Å². The molecule has 2 atom stereocenters. The van der Waals surface area contributed by atoms with Crippen LogP contribution in [0.15, 0.2) is 34.2 Å². The van der Waals surface area contributed by atoms with Crippen molar-refractivity contribution in [2.75, 3.05) is 11.9 Å². The zero-order valence-corrected chi connectivity index (χ0v) is 15.1. The minimum Gasteiger partial charge on any atom is -0.376 e. The minimum absolute atomic E-state index is 0.0331. The molecule has 0 saturated carbocycles. The first-order chi connectivity index (χ1) is 12.0. The maximum atomic E-state index is 12.4. The molecule has 8 heteroatoms. The van der Waals surface area contributed by atoms with Crippen LogP contribution in [0.2, 0.25) is 0 Å². The Kier molecular flexibility index (Phi) is 5.60. The van der Waals surface area contributed by atoms with Crippen molar-refractivity contribution in [3.8, 4) is 0 Å². The molecule has 7 nitrogen and oxygen atoms in total. The van der Waals surface area contributed by atoms with Crippen molar-refractivity contribution in [1.29, 1.82) is 0 Å². The summed E-state index contributed by atoms with van der Waals surface area (Å²) in [5.74, 6) is -0.126. The van der Waals surface area contributed by atoms with E-state index in [1.165, 1.54) is 11.8 Å². The van der Waals surface area contributed by atoms with Gasteiger partial charge in [-0.3, -0.25) is 9.36 Å². The number of nitrogens with zero attached hydrogens (tertiary/aromatic N) is 2. The van der Waals surface area contributed by atoms with Crippen LogP contribution in [0.3, 0.4) is 0 Å². The van der Waals surface area contributed by atoms with Gasteiger partial charge in [-0.15, -0.1) is 5.10 Å². The van der Waals surface area contributed by atoms with E-state index < -0.39 is 5.25 Å². The summed E-state index contributed by atoms with van der Waals surface area (Å²) in [6, 6.07) is 7.62. The lowest BCUT2D eigenvalue weighted by Gasteiger charge is -2.14. The molecule has 0 bridgehead atoms. The summed E-state index contributed by atoms with van der Waals surface area (Å²) in [6.07, 6.45) is 1.98. The van der Waals surface area contributed by atoms with Crippen molar-refractivity contribution < 1.29 is 9.53 Å². The predicted octanol–water partition coefficient (Wildman–Crippen LogP) is 2.18. The van der Waals surface area contributed by atoms with Crippen LogP contribution in [-0.4, -0.2) is 38.6 Å². The van der Waals surface area contributed by atoms with Crippen molar-refractivity contribution >= 4 is 23.4 Å². The van der Waals surface area contributed by atoms with Gasteiger partial charge >= 0.3 is 5.69 Å². The second-order valence-electron chi connectivity index (χ2n) is 6.12. The first-order valence-electron chi connectivity index (χ1n) is 8.34. The number of nitrogens with one attached hydrogen (secondary N) is 2. The van der Waals surface area contributed by atoms with Crippen molar-refractivity contribution in [1.82, 2.24) is 14.8 Å². The van der Waals surface area contributed by atoms with E-state index in [-0.39, 0.29) is 17.7 Å². The molecule has 1 aromatic carbocycles. The molecule has 2 aromatic rings. The molecule has 2 N–H and O–H groups in total. The molecule has 1 amide bonds. The van der Waals surface area contributed by atoms with Crippen LogP contribution >= 0.6 is 11.8 Å². The standard InChI is InChI=1S/C17H22N4O3S/c1-11-6-3-4-8-14(11)18-15(22)12(2)25-17-20-19-16(23)21(17)10-13-7-5-9-24-13/h3-4,6,8,12-13H,5,7,9-10H2,1-2H3,(H,18,22)(H,19,23). The van der Waals surface area contributed by atoms with Crippen molar-refractivity contribution in [3.63, 3.8) is 0 Å². The molecule has 1 aliphatic rings. The molecule has 1 aromatic heterocycles. The summed E-state index contributed by atoms with van der Waals surface area (Å²) in [5, 5.41) is 9.56. The predicted molar refractivity (Wildman–Crippen MR) is 96.9 cm³/mol. The third-order valence-corrected chi connectivity index (χ3v) is 5.28. The first kappa shape index (κ1) is 17.8. The van der Waals surface area contributed by atoms with Gasteiger partial charge in [0.25, 0.3) is 0 Å². The average molecular weight is 362 g/mol. The van der Waals surface area contributed by atoms with Gasteiger partial charge in [0.2, 0.25) is 5.91 Å². The fourth-order valence-electron chi connectivity index (χ4n) is 2.71. The highest BCUT2D eigenvalue weighted by Gasteiger charge is 2.23. The average Bonchev–Trinajstić information content (AvgIpc) is 3.22. The SMILES string of the molecule is Cc1ccccc1NC(=O)C(C)Sc1n[nH]c(=O)n1CC1CCCO1. The third kappa shape index (κ3) is 4.32. The molecule has 1 fully saturated rings. The summed E-state index contributed by atoms with van der Waals surface area (Å²) in [6.45, 7) is 4.94. The highest BCUT2D eigenvalue weighted by molar-refractivity contribution is 8.00. The van der Waals surface area contributed by atoms with Gasteiger partial charge < -0.3 is 10.1 Å². The molecule has 2 unspecified atom stereocenters. The Morgan fingerprint density at radius 3 is 3.04 bits per heavy atom. The van der Waals surface area contributed by atoms with E-state index in [1.807, 2.05) is 31.2 Å². The highest BCUT2D eigenvalue weighted by atomic mass is 32.2. The lowest BCUT2D eigenvalue weighted by Crippen LogP contribution is -2.27. The number of rotatable bonds is 6. The Balaban J connectivity index is 1.66. The summed E-state index contributed by atoms with van der Waals surface area (Å²) < 4.78 is 7.14. The van der Waals surface area contributed by atoms with Gasteiger partial charge in [0, 0.05) is 12.3 Å². The van der Waals surface area contributed by atoms with Crippen LogP contribution in [0.25, 0.3) is 0 Å². The van der Waals surface area contributed by atoms with Crippen LogP contribution in [0.4, 0.5) is 5.69 Å². The molecule has 0 radical (unpaired) electrons. The first-order valence-corrected chi connectivity index (χ1v) is 9.22. The Bertz CT molecular complexity index is 795. The molecule has 1 saturated heterocycles. The van der Waals surface area contributed by atoms with Crippen LogP contribution in [-0.2, 0) is 16.1 Å². The Hall–Kier alpha value is -2.06. The smallest absolute Gasteiger partial charge is 0.344 e. The maximum absolute atomic E-state index is 12.4. The van der Waals surface area contributed by atoms with E-state index in [2.05, 4.69) is 15.5 Å². The molecule has 25 heavy (non-hydrogen) atoms. The monoisotopic (exact) mass is 362 g/mol. The van der Waals surface area contributed by atoms with Crippen LogP contribution in [0.1, 0.15) is 25.3 Å². The summed E-state index contributed by atoms with van der Waals surface area (Å²) in [7, 11) is 0. The molecular weight excluding hydrogens is 340 g/mol. The zero-order valence-electron chi connectivity index (χ0n) is 14.3. The van der Waals surface area contributed by atoms with E-state index in [4.69, 9.17) is 4.74 Å². The quantitative estimate of drug-likeness (QED) is 0.769. The number of amides is 1. The number of hydrogen-bond donors (Lipinski definition) is 2. The normalized spacial score (nSPS) is 18.2. The number of para-hydroxylation sites is 1. The number of carbonyl (C=O) groups is 1. The van der Waals surface area contributed by atoms with Crippen molar-refractivity contribution in [2.45, 2.75) is 49.7 Å². The molecule has 2 heterocycles. The van der Waals surface area contributed by atoms with E-state index >= 15 is 0 Å². The minimum atomic E-state index is -0.391. The fourth-order valence-corrected chi connectivity index (χ4v) is 3.57. The number of aromatic nitrogens is 3. The van der Waals surface area contributed by atoms with E-state index in [1.54, 1.807) is 11.5 Å². The number of aromatic amines is 1. The van der Waals surface area contributed by atoms with Crippen LogP contribution in [0.5, 0.6) is 0 Å². The van der Waals surface area contributed by atoms with E-state index in [9.17, 15) is 9.59 Å². The largest absolute Gasteiger partial charge is 0.376 e. The number of H-pyrrole nitrogens is 1. The maximum Gasteiger partial charge on any atom is 0.344 e. The van der Waals surface area contributed by atoms with Gasteiger partial charge in [-0.2, -0.15) is 0 Å². The number of anilines is 1. The number of thioether (sulfide) groups is 1. The lowest BCUT2D eigenvalue weighted by atomic mass is 10.2. The fraction of sp³-hybridized carbons (Fsp3) is 0.471. The topological polar surface area (TPSA) is 89.0 Å². The van der Waals surface area contributed by atoms with Gasteiger partial charge in [-0.25, -0.2) is 9.89 Å². The molecule has 0 spiro atoms. The molecule has 0 aliphatic carbocycles. The number of benzene rings is 1. The second kappa shape index (κ2) is 7.88. The van der Waals surface area contributed by atoms with E-state index in [0.29, 0.717) is 11.7 Å². The highest BCUT2D eigenvalue weighted by Crippen LogP contribution is 2.23. The zero-order chi connectivity index (χ0) is 17.8.